The minimum Gasteiger partial charge on any atom is -0.354 e. The third kappa shape index (κ3) is 2.33. The van der Waals surface area contributed by atoms with Gasteiger partial charge in [0.25, 0.3) is 10.0 Å². The molecule has 0 bridgehead atoms. The molecule has 0 saturated carbocycles. The third-order valence-corrected chi connectivity index (χ3v) is 5.22. The maximum Gasteiger partial charge on any atom is 0.285 e. The van der Waals surface area contributed by atoms with E-state index in [1.54, 1.807) is 12.1 Å². The van der Waals surface area contributed by atoms with E-state index < -0.39 is 10.0 Å². The quantitative estimate of drug-likeness (QED) is 0.910. The van der Waals surface area contributed by atoms with Gasteiger partial charge in [0, 0.05) is 24.7 Å². The van der Waals surface area contributed by atoms with Crippen molar-refractivity contribution in [2.24, 2.45) is 4.40 Å². The SMILES string of the molecule is CCN(CC1CCCN1)C1=NS(=O)(=O)c2ccccc21. The standard InChI is InChI=1S/C14H19N3O2S/c1-2-17(10-11-6-5-9-15-11)14-12-7-3-4-8-13(12)20(18,19)16-14/h3-4,7-8,11,15H,2,5-6,9-10H2,1H3. The molecule has 1 N–H and O–H groups in total. The molecule has 2 aliphatic heterocycles. The number of rotatable bonds is 3. The second-order valence-electron chi connectivity index (χ2n) is 5.22. The van der Waals surface area contributed by atoms with E-state index in [9.17, 15) is 8.42 Å². The van der Waals surface area contributed by atoms with Crippen LogP contribution in [0.3, 0.4) is 0 Å². The van der Waals surface area contributed by atoms with Crippen molar-refractivity contribution in [1.29, 1.82) is 0 Å². The maximum absolute atomic E-state index is 12.1. The van der Waals surface area contributed by atoms with Gasteiger partial charge in [-0.25, -0.2) is 0 Å². The van der Waals surface area contributed by atoms with Crippen molar-refractivity contribution >= 4 is 15.9 Å². The Hall–Kier alpha value is -1.40. The number of fused-ring (bicyclic) bond motifs is 1. The van der Waals surface area contributed by atoms with Crippen LogP contribution in [0.1, 0.15) is 25.3 Å². The van der Waals surface area contributed by atoms with E-state index in [0.717, 1.165) is 31.6 Å². The number of likely N-dealkylation sites (N-methyl/N-ethyl adjacent to an activating group) is 1. The first-order valence-electron chi connectivity index (χ1n) is 7.04. The molecule has 1 fully saturated rings. The summed E-state index contributed by atoms with van der Waals surface area (Å²) in [6.07, 6.45) is 2.32. The monoisotopic (exact) mass is 293 g/mol. The Morgan fingerprint density at radius 3 is 2.90 bits per heavy atom. The van der Waals surface area contributed by atoms with Gasteiger partial charge in [-0.3, -0.25) is 0 Å². The maximum atomic E-state index is 12.1. The second kappa shape index (κ2) is 5.18. The Balaban J connectivity index is 1.92. The molecule has 2 heterocycles. The van der Waals surface area contributed by atoms with Crippen LogP contribution in [0.4, 0.5) is 0 Å². The van der Waals surface area contributed by atoms with Crippen LogP contribution in [0, 0.1) is 0 Å². The number of nitrogens with one attached hydrogen (secondary N) is 1. The van der Waals surface area contributed by atoms with Crippen molar-refractivity contribution in [2.45, 2.75) is 30.7 Å². The summed E-state index contributed by atoms with van der Waals surface area (Å²) in [4.78, 5) is 2.39. The van der Waals surface area contributed by atoms with Crippen molar-refractivity contribution in [2.75, 3.05) is 19.6 Å². The first-order valence-corrected chi connectivity index (χ1v) is 8.48. The lowest BCUT2D eigenvalue weighted by atomic mass is 10.1. The molecule has 0 amide bonds. The van der Waals surface area contributed by atoms with Gasteiger partial charge in [-0.1, -0.05) is 12.1 Å². The molecular weight excluding hydrogens is 274 g/mol. The predicted octanol–water partition coefficient (Wildman–Crippen LogP) is 1.21. The highest BCUT2D eigenvalue weighted by molar-refractivity contribution is 7.90. The van der Waals surface area contributed by atoms with Gasteiger partial charge >= 0.3 is 0 Å². The largest absolute Gasteiger partial charge is 0.354 e. The minimum absolute atomic E-state index is 0.327. The lowest BCUT2D eigenvalue weighted by Crippen LogP contribution is -2.41. The molecule has 0 spiro atoms. The number of hydrogen-bond acceptors (Lipinski definition) is 4. The summed E-state index contributed by atoms with van der Waals surface area (Å²) < 4.78 is 28.2. The smallest absolute Gasteiger partial charge is 0.285 e. The van der Waals surface area contributed by atoms with Crippen LogP contribution >= 0.6 is 0 Å². The van der Waals surface area contributed by atoms with Crippen LogP contribution in [0.25, 0.3) is 0 Å². The Kier molecular flexibility index (Phi) is 3.52. The molecule has 0 aromatic heterocycles. The molecule has 20 heavy (non-hydrogen) atoms. The zero-order chi connectivity index (χ0) is 14.2. The van der Waals surface area contributed by atoms with E-state index in [-0.39, 0.29) is 0 Å². The Labute approximate surface area is 119 Å². The molecule has 5 nitrogen and oxygen atoms in total. The number of hydrogen-bond donors (Lipinski definition) is 1. The van der Waals surface area contributed by atoms with Crippen molar-refractivity contribution < 1.29 is 8.42 Å². The van der Waals surface area contributed by atoms with E-state index >= 15 is 0 Å². The number of nitrogens with zero attached hydrogens (tertiary/aromatic N) is 2. The fraction of sp³-hybridized carbons (Fsp3) is 0.500. The molecule has 1 aromatic rings. The van der Waals surface area contributed by atoms with Crippen LogP contribution in [0.15, 0.2) is 33.6 Å². The van der Waals surface area contributed by atoms with E-state index in [1.165, 1.54) is 6.42 Å². The summed E-state index contributed by atoms with van der Waals surface area (Å²) in [5.74, 6) is 0.594. The van der Waals surface area contributed by atoms with Crippen LogP contribution in [0.2, 0.25) is 0 Å². The van der Waals surface area contributed by atoms with Crippen LogP contribution in [-0.4, -0.2) is 44.8 Å². The lowest BCUT2D eigenvalue weighted by Gasteiger charge is -2.26. The van der Waals surface area contributed by atoms with Crippen LogP contribution in [-0.2, 0) is 10.0 Å². The number of benzene rings is 1. The summed E-state index contributed by atoms with van der Waals surface area (Å²) in [5.41, 5.74) is 0.729. The summed E-state index contributed by atoms with van der Waals surface area (Å²) >= 11 is 0. The van der Waals surface area contributed by atoms with E-state index in [4.69, 9.17) is 0 Å². The molecule has 6 heteroatoms. The van der Waals surface area contributed by atoms with Crippen molar-refractivity contribution in [3.05, 3.63) is 29.8 Å². The van der Waals surface area contributed by atoms with Crippen LogP contribution < -0.4 is 5.32 Å². The van der Waals surface area contributed by atoms with Crippen LogP contribution in [0.5, 0.6) is 0 Å². The molecule has 1 saturated heterocycles. The highest BCUT2D eigenvalue weighted by Crippen LogP contribution is 2.27. The van der Waals surface area contributed by atoms with E-state index in [1.807, 2.05) is 19.1 Å². The zero-order valence-corrected chi connectivity index (χ0v) is 12.4. The van der Waals surface area contributed by atoms with Crippen molar-refractivity contribution in [3.8, 4) is 0 Å². The summed E-state index contributed by atoms with van der Waals surface area (Å²) in [7, 11) is -3.52. The topological polar surface area (TPSA) is 61.8 Å². The van der Waals surface area contributed by atoms with Gasteiger partial charge in [-0.2, -0.15) is 8.42 Å². The van der Waals surface area contributed by atoms with Gasteiger partial charge in [0.1, 0.15) is 4.90 Å². The highest BCUT2D eigenvalue weighted by Gasteiger charge is 2.32. The van der Waals surface area contributed by atoms with Gasteiger partial charge in [0.15, 0.2) is 5.84 Å². The minimum atomic E-state index is -3.52. The molecular formula is C14H19N3O2S. The fourth-order valence-corrected chi connectivity index (χ4v) is 4.09. The molecule has 1 atom stereocenters. The molecule has 1 aromatic carbocycles. The average Bonchev–Trinajstić information content (AvgIpc) is 3.03. The Morgan fingerprint density at radius 1 is 1.40 bits per heavy atom. The second-order valence-corrected chi connectivity index (χ2v) is 6.79. The molecule has 2 aliphatic rings. The normalized spacial score (nSPS) is 23.4. The average molecular weight is 293 g/mol. The van der Waals surface area contributed by atoms with E-state index in [0.29, 0.717) is 16.8 Å². The first-order chi connectivity index (χ1) is 9.62. The summed E-state index contributed by atoms with van der Waals surface area (Å²) in [5, 5.41) is 3.44. The molecule has 108 valence electrons. The molecule has 1 unspecified atom stereocenters. The number of sulfonamides is 1. The van der Waals surface area contributed by atoms with E-state index in [2.05, 4.69) is 14.6 Å². The van der Waals surface area contributed by atoms with Gasteiger partial charge < -0.3 is 10.2 Å². The van der Waals surface area contributed by atoms with Gasteiger partial charge in [0.05, 0.1) is 0 Å². The van der Waals surface area contributed by atoms with Gasteiger partial charge in [-0.05, 0) is 38.4 Å². The van der Waals surface area contributed by atoms with Crippen molar-refractivity contribution in [1.82, 2.24) is 10.2 Å². The fourth-order valence-electron chi connectivity index (χ4n) is 2.86. The predicted molar refractivity (Wildman–Crippen MR) is 78.4 cm³/mol. The highest BCUT2D eigenvalue weighted by atomic mass is 32.2. The zero-order valence-electron chi connectivity index (χ0n) is 11.5. The lowest BCUT2D eigenvalue weighted by molar-refractivity contribution is 0.384. The molecule has 0 radical (unpaired) electrons. The first kappa shape index (κ1) is 13.6. The van der Waals surface area contributed by atoms with Crippen molar-refractivity contribution in [3.63, 3.8) is 0 Å². The molecule has 3 rings (SSSR count). The Morgan fingerprint density at radius 2 is 2.20 bits per heavy atom. The molecule has 0 aliphatic carbocycles. The van der Waals surface area contributed by atoms with Gasteiger partial charge in [0.2, 0.25) is 0 Å². The number of amidine groups is 1. The third-order valence-electron chi connectivity index (χ3n) is 3.90. The Bertz CT molecular complexity index is 634. The summed E-state index contributed by atoms with van der Waals surface area (Å²) in [6, 6.07) is 7.49. The summed E-state index contributed by atoms with van der Waals surface area (Å²) in [6.45, 7) is 4.63. The van der Waals surface area contributed by atoms with Gasteiger partial charge in [-0.15, -0.1) is 4.40 Å².